The fourth-order valence-corrected chi connectivity index (χ4v) is 3.69. The standard InChI is InChI=1S/C21H21ClO4/c1-2-14-13-17(22)19(26-21(24)16-11-7-4-8-12-16)18(14)25-20(23)15-9-5-3-6-10-15/h3-12,14,17-19H,2,13H2,1H3. The van der Waals surface area contributed by atoms with Crippen LogP contribution < -0.4 is 0 Å². The number of esters is 2. The van der Waals surface area contributed by atoms with Crippen LogP contribution in [0.25, 0.3) is 0 Å². The zero-order valence-corrected chi connectivity index (χ0v) is 15.3. The van der Waals surface area contributed by atoms with Crippen LogP contribution in [-0.4, -0.2) is 29.5 Å². The molecule has 136 valence electrons. The van der Waals surface area contributed by atoms with E-state index in [1.165, 1.54) is 0 Å². The van der Waals surface area contributed by atoms with E-state index < -0.39 is 24.1 Å². The van der Waals surface area contributed by atoms with Crippen LogP contribution in [0.4, 0.5) is 0 Å². The van der Waals surface area contributed by atoms with Gasteiger partial charge in [0.25, 0.3) is 0 Å². The third-order valence-corrected chi connectivity index (χ3v) is 5.13. The van der Waals surface area contributed by atoms with Gasteiger partial charge >= 0.3 is 11.9 Å². The fraction of sp³-hybridized carbons (Fsp3) is 0.333. The molecule has 1 aliphatic rings. The molecule has 0 aromatic heterocycles. The Balaban J connectivity index is 1.76. The second-order valence-corrected chi connectivity index (χ2v) is 6.95. The maximum Gasteiger partial charge on any atom is 0.338 e. The Kier molecular flexibility index (Phi) is 5.94. The highest BCUT2D eigenvalue weighted by molar-refractivity contribution is 6.21. The van der Waals surface area contributed by atoms with Gasteiger partial charge in [0, 0.05) is 5.92 Å². The lowest BCUT2D eigenvalue weighted by molar-refractivity contribution is -0.0348. The number of rotatable bonds is 5. The van der Waals surface area contributed by atoms with Crippen LogP contribution in [0, 0.1) is 5.92 Å². The molecule has 0 heterocycles. The van der Waals surface area contributed by atoms with Crippen LogP contribution in [0.5, 0.6) is 0 Å². The Bertz CT molecular complexity index is 747. The SMILES string of the molecule is CCC1CC(Cl)C(OC(=O)c2ccccc2)C1OC(=O)c1ccccc1. The first-order valence-corrected chi connectivity index (χ1v) is 9.20. The molecule has 3 rings (SSSR count). The van der Waals surface area contributed by atoms with Gasteiger partial charge in [0.2, 0.25) is 0 Å². The molecule has 4 nitrogen and oxygen atoms in total. The maximum atomic E-state index is 12.5. The highest BCUT2D eigenvalue weighted by Gasteiger charge is 2.46. The van der Waals surface area contributed by atoms with E-state index in [1.54, 1.807) is 48.5 Å². The number of ether oxygens (including phenoxy) is 2. The minimum Gasteiger partial charge on any atom is -0.454 e. The van der Waals surface area contributed by atoms with Gasteiger partial charge in [-0.3, -0.25) is 0 Å². The number of carbonyl (C=O) groups is 2. The molecule has 0 N–H and O–H groups in total. The summed E-state index contributed by atoms with van der Waals surface area (Å²) in [6, 6.07) is 17.5. The normalized spacial score (nSPS) is 24.8. The van der Waals surface area contributed by atoms with E-state index >= 15 is 0 Å². The van der Waals surface area contributed by atoms with Gasteiger partial charge in [0.15, 0.2) is 6.10 Å². The monoisotopic (exact) mass is 372 g/mol. The molecule has 2 aromatic rings. The molecule has 0 amide bonds. The minimum atomic E-state index is -0.665. The maximum absolute atomic E-state index is 12.5. The number of hydrogen-bond acceptors (Lipinski definition) is 4. The summed E-state index contributed by atoms with van der Waals surface area (Å²) in [5, 5.41) is -0.388. The van der Waals surface area contributed by atoms with Gasteiger partial charge in [0.1, 0.15) is 6.10 Å². The number of hydrogen-bond donors (Lipinski definition) is 0. The van der Waals surface area contributed by atoms with Crippen LogP contribution in [0.1, 0.15) is 40.5 Å². The molecule has 5 heteroatoms. The highest BCUT2D eigenvalue weighted by atomic mass is 35.5. The van der Waals surface area contributed by atoms with Crippen molar-refractivity contribution in [2.45, 2.75) is 37.4 Å². The van der Waals surface area contributed by atoms with Crippen LogP contribution in [0.15, 0.2) is 60.7 Å². The van der Waals surface area contributed by atoms with Crippen molar-refractivity contribution < 1.29 is 19.1 Å². The molecule has 1 aliphatic carbocycles. The van der Waals surface area contributed by atoms with Gasteiger partial charge in [-0.05, 0) is 37.1 Å². The van der Waals surface area contributed by atoms with Gasteiger partial charge in [0.05, 0.1) is 16.5 Å². The molecule has 0 aliphatic heterocycles. The number of halogens is 1. The van der Waals surface area contributed by atoms with Crippen LogP contribution >= 0.6 is 11.6 Å². The Morgan fingerprint density at radius 2 is 1.35 bits per heavy atom. The summed E-state index contributed by atoms with van der Waals surface area (Å²) in [6.45, 7) is 2.01. The Morgan fingerprint density at radius 1 is 0.885 bits per heavy atom. The van der Waals surface area contributed by atoms with Gasteiger partial charge in [-0.2, -0.15) is 0 Å². The zero-order chi connectivity index (χ0) is 18.5. The summed E-state index contributed by atoms with van der Waals surface area (Å²) < 4.78 is 11.4. The Labute approximate surface area is 158 Å². The molecule has 1 fully saturated rings. The lowest BCUT2D eigenvalue weighted by Crippen LogP contribution is -2.37. The van der Waals surface area contributed by atoms with Crippen molar-refractivity contribution >= 4 is 23.5 Å². The lowest BCUT2D eigenvalue weighted by atomic mass is 10.0. The third kappa shape index (κ3) is 4.07. The van der Waals surface area contributed by atoms with Crippen LogP contribution in [0.2, 0.25) is 0 Å². The largest absolute Gasteiger partial charge is 0.454 e. The first kappa shape index (κ1) is 18.5. The van der Waals surface area contributed by atoms with Crippen molar-refractivity contribution in [3.63, 3.8) is 0 Å². The predicted molar refractivity (Wildman–Crippen MR) is 99.3 cm³/mol. The van der Waals surface area contributed by atoms with E-state index in [-0.39, 0.29) is 11.3 Å². The van der Waals surface area contributed by atoms with E-state index in [0.29, 0.717) is 17.5 Å². The summed E-state index contributed by atoms with van der Waals surface area (Å²) in [6.07, 6.45) is 0.206. The molecule has 1 saturated carbocycles. The van der Waals surface area contributed by atoms with E-state index in [4.69, 9.17) is 21.1 Å². The molecule has 4 atom stereocenters. The third-order valence-electron chi connectivity index (χ3n) is 4.70. The van der Waals surface area contributed by atoms with Crippen molar-refractivity contribution in [3.8, 4) is 0 Å². The summed E-state index contributed by atoms with van der Waals surface area (Å²) >= 11 is 6.44. The molecule has 0 spiro atoms. The molecule has 0 bridgehead atoms. The predicted octanol–water partition coefficient (Wildman–Crippen LogP) is 4.47. The average molecular weight is 373 g/mol. The summed E-state index contributed by atoms with van der Waals surface area (Å²) in [7, 11) is 0. The van der Waals surface area contributed by atoms with Gasteiger partial charge in [-0.25, -0.2) is 9.59 Å². The van der Waals surface area contributed by atoms with E-state index in [1.807, 2.05) is 19.1 Å². The molecular weight excluding hydrogens is 352 g/mol. The topological polar surface area (TPSA) is 52.6 Å². The summed E-state index contributed by atoms with van der Waals surface area (Å²) in [4.78, 5) is 24.9. The fourth-order valence-electron chi connectivity index (χ4n) is 3.27. The number of benzene rings is 2. The van der Waals surface area contributed by atoms with Crippen LogP contribution in [-0.2, 0) is 9.47 Å². The summed E-state index contributed by atoms with van der Waals surface area (Å²) in [5.41, 5.74) is 0.915. The van der Waals surface area contributed by atoms with Crippen molar-refractivity contribution in [2.24, 2.45) is 5.92 Å². The van der Waals surface area contributed by atoms with Gasteiger partial charge < -0.3 is 9.47 Å². The molecule has 4 unspecified atom stereocenters. The van der Waals surface area contributed by atoms with E-state index in [0.717, 1.165) is 6.42 Å². The first-order valence-electron chi connectivity index (χ1n) is 8.76. The molecule has 0 saturated heterocycles. The van der Waals surface area contributed by atoms with E-state index in [9.17, 15) is 9.59 Å². The lowest BCUT2D eigenvalue weighted by Gasteiger charge is -2.25. The van der Waals surface area contributed by atoms with Crippen molar-refractivity contribution in [1.82, 2.24) is 0 Å². The van der Waals surface area contributed by atoms with Gasteiger partial charge in [-0.15, -0.1) is 11.6 Å². The minimum absolute atomic E-state index is 0.0544. The van der Waals surface area contributed by atoms with Crippen LogP contribution in [0.3, 0.4) is 0 Å². The molecular formula is C21H21ClO4. The Morgan fingerprint density at radius 3 is 1.81 bits per heavy atom. The smallest absolute Gasteiger partial charge is 0.338 e. The average Bonchev–Trinajstić information content (AvgIpc) is 2.98. The quantitative estimate of drug-likeness (QED) is 0.573. The number of alkyl halides is 1. The summed E-state index contributed by atoms with van der Waals surface area (Å²) in [5.74, 6) is -0.835. The second-order valence-electron chi connectivity index (χ2n) is 6.39. The highest BCUT2D eigenvalue weighted by Crippen LogP contribution is 2.37. The molecule has 0 radical (unpaired) electrons. The van der Waals surface area contributed by atoms with E-state index in [2.05, 4.69) is 0 Å². The molecule has 26 heavy (non-hydrogen) atoms. The Hall–Kier alpha value is -2.33. The zero-order valence-electron chi connectivity index (χ0n) is 14.5. The second kappa shape index (κ2) is 8.37. The number of carbonyl (C=O) groups excluding carboxylic acids is 2. The molecule has 2 aromatic carbocycles. The first-order chi connectivity index (χ1) is 12.6. The van der Waals surface area contributed by atoms with Crippen molar-refractivity contribution in [2.75, 3.05) is 0 Å². The van der Waals surface area contributed by atoms with Gasteiger partial charge in [-0.1, -0.05) is 43.3 Å². The van der Waals surface area contributed by atoms with Crippen molar-refractivity contribution in [1.29, 1.82) is 0 Å². The van der Waals surface area contributed by atoms with Crippen molar-refractivity contribution in [3.05, 3.63) is 71.8 Å².